The molecule has 0 spiro atoms. The molecule has 7 rings (SSSR count). The topological polar surface area (TPSA) is 111 Å². The van der Waals surface area contributed by atoms with E-state index in [0.29, 0.717) is 40.0 Å². The van der Waals surface area contributed by atoms with Gasteiger partial charge in [-0.2, -0.15) is 5.26 Å². The second-order valence-corrected chi connectivity index (χ2v) is 13.1. The summed E-state index contributed by atoms with van der Waals surface area (Å²) in [6, 6.07) is 29.3. The highest BCUT2D eigenvalue weighted by Crippen LogP contribution is 2.40. The normalized spacial score (nSPS) is 17.1. The number of benzene rings is 3. The zero-order valence-corrected chi connectivity index (χ0v) is 24.7. The molecule has 0 radical (unpaired) electrons. The van der Waals surface area contributed by atoms with Crippen LogP contribution in [-0.4, -0.2) is 32.7 Å². The Kier molecular flexibility index (Phi) is 7.07. The van der Waals surface area contributed by atoms with E-state index in [1.807, 2.05) is 42.5 Å². The van der Waals surface area contributed by atoms with E-state index in [0.717, 1.165) is 42.6 Å². The van der Waals surface area contributed by atoms with Crippen molar-refractivity contribution in [3.05, 3.63) is 115 Å². The summed E-state index contributed by atoms with van der Waals surface area (Å²) in [6.07, 6.45) is 7.37. The van der Waals surface area contributed by atoms with Crippen LogP contribution in [0.15, 0.2) is 108 Å². The molecule has 9 heteroatoms. The van der Waals surface area contributed by atoms with Gasteiger partial charge in [0.05, 0.1) is 22.7 Å². The van der Waals surface area contributed by atoms with Gasteiger partial charge >= 0.3 is 0 Å². The van der Waals surface area contributed by atoms with Crippen LogP contribution in [0, 0.1) is 17.2 Å². The molecule has 0 saturated heterocycles. The van der Waals surface area contributed by atoms with Crippen LogP contribution in [0.5, 0.6) is 0 Å². The van der Waals surface area contributed by atoms with Crippen LogP contribution in [0.2, 0.25) is 0 Å². The molecular weight excluding hydrogens is 570 g/mol. The van der Waals surface area contributed by atoms with E-state index in [1.54, 1.807) is 60.9 Å². The van der Waals surface area contributed by atoms with E-state index in [1.165, 1.54) is 3.97 Å². The van der Waals surface area contributed by atoms with Crippen LogP contribution in [0.4, 0.5) is 0 Å². The number of aromatic nitrogens is 4. The third kappa shape index (κ3) is 4.77. The van der Waals surface area contributed by atoms with Gasteiger partial charge in [-0.3, -0.25) is 4.79 Å². The van der Waals surface area contributed by atoms with Gasteiger partial charge in [0, 0.05) is 40.7 Å². The van der Waals surface area contributed by atoms with E-state index in [2.05, 4.69) is 15.6 Å². The Hall–Kier alpha value is -5.07. The number of hydrogen-bond acceptors (Lipinski definition) is 6. The fourth-order valence-electron chi connectivity index (χ4n) is 6.37. The van der Waals surface area contributed by atoms with Crippen LogP contribution >= 0.6 is 0 Å². The van der Waals surface area contributed by atoms with Crippen molar-refractivity contribution < 1.29 is 13.2 Å². The first-order valence-corrected chi connectivity index (χ1v) is 16.2. The standard InChI is InChI=1S/C35H29N5O3S/c36-21-19-24-11-17-28(18-12-24)40-32-30-20-22-39(44(42,43)29-9-5-2-6-10-29)35(30)37-23-31(32)38-34(40)27-15-13-26(14-16-27)33(41)25-7-3-1-4-8-25/h1-10,13-16,20,22-24,28H,11-12,17-19H2. The van der Waals surface area contributed by atoms with E-state index < -0.39 is 10.0 Å². The monoisotopic (exact) mass is 599 g/mol. The molecule has 0 atom stereocenters. The van der Waals surface area contributed by atoms with Crippen molar-refractivity contribution in [2.24, 2.45) is 5.92 Å². The largest absolute Gasteiger partial charge is 0.320 e. The molecule has 0 aliphatic heterocycles. The van der Waals surface area contributed by atoms with Crippen LogP contribution in [0.3, 0.4) is 0 Å². The number of nitrogens with zero attached hydrogens (tertiary/aromatic N) is 5. The number of fused-ring (bicyclic) bond motifs is 3. The molecule has 3 aromatic heterocycles. The molecule has 8 nitrogen and oxygen atoms in total. The average Bonchev–Trinajstić information content (AvgIpc) is 3.68. The Morgan fingerprint density at radius 2 is 1.52 bits per heavy atom. The molecule has 44 heavy (non-hydrogen) atoms. The molecule has 0 N–H and O–H groups in total. The quantitative estimate of drug-likeness (QED) is 0.180. The summed E-state index contributed by atoms with van der Waals surface area (Å²) >= 11 is 0. The summed E-state index contributed by atoms with van der Waals surface area (Å²) < 4.78 is 30.7. The van der Waals surface area contributed by atoms with E-state index >= 15 is 0 Å². The third-order valence-electron chi connectivity index (χ3n) is 8.63. The van der Waals surface area contributed by atoms with Crippen LogP contribution in [-0.2, 0) is 10.0 Å². The lowest BCUT2D eigenvalue weighted by molar-refractivity contribution is 0.103. The Morgan fingerprint density at radius 1 is 0.864 bits per heavy atom. The van der Waals surface area contributed by atoms with E-state index in [4.69, 9.17) is 4.98 Å². The lowest BCUT2D eigenvalue weighted by Crippen LogP contribution is -2.19. The van der Waals surface area contributed by atoms with Gasteiger partial charge in [0.15, 0.2) is 11.4 Å². The Labute approximate surface area is 255 Å². The molecule has 3 heterocycles. The fraction of sp³-hybridized carbons (Fsp3) is 0.200. The number of imidazole rings is 1. The molecule has 1 aliphatic carbocycles. The number of ketones is 1. The Balaban J connectivity index is 1.36. The first-order valence-electron chi connectivity index (χ1n) is 14.7. The summed E-state index contributed by atoms with van der Waals surface area (Å²) in [6.45, 7) is 0. The Morgan fingerprint density at radius 3 is 2.20 bits per heavy atom. The van der Waals surface area contributed by atoms with E-state index in [-0.39, 0.29) is 16.7 Å². The van der Waals surface area contributed by atoms with Crippen molar-refractivity contribution in [2.75, 3.05) is 0 Å². The van der Waals surface area contributed by atoms with Gasteiger partial charge in [-0.15, -0.1) is 0 Å². The molecule has 1 aliphatic rings. The molecule has 3 aromatic carbocycles. The number of pyridine rings is 1. The zero-order chi connectivity index (χ0) is 30.3. The maximum absolute atomic E-state index is 13.6. The van der Waals surface area contributed by atoms with Crippen molar-refractivity contribution in [1.29, 1.82) is 5.26 Å². The maximum atomic E-state index is 13.6. The van der Waals surface area contributed by atoms with Gasteiger partial charge in [0.2, 0.25) is 0 Å². The Bertz CT molecular complexity index is 2140. The maximum Gasteiger partial charge on any atom is 0.269 e. The summed E-state index contributed by atoms with van der Waals surface area (Å²) in [5.41, 5.74) is 3.92. The van der Waals surface area contributed by atoms with Gasteiger partial charge in [0.1, 0.15) is 11.3 Å². The lowest BCUT2D eigenvalue weighted by atomic mass is 9.84. The van der Waals surface area contributed by atoms with Crippen molar-refractivity contribution in [2.45, 2.75) is 43.0 Å². The van der Waals surface area contributed by atoms with Gasteiger partial charge in [-0.25, -0.2) is 22.4 Å². The summed E-state index contributed by atoms with van der Waals surface area (Å²) in [7, 11) is -3.86. The minimum atomic E-state index is -3.86. The molecule has 218 valence electrons. The number of rotatable bonds is 7. The average molecular weight is 600 g/mol. The van der Waals surface area contributed by atoms with Crippen molar-refractivity contribution >= 4 is 37.9 Å². The summed E-state index contributed by atoms with van der Waals surface area (Å²) in [4.78, 5) is 22.9. The molecular formula is C35H29N5O3S. The third-order valence-corrected chi connectivity index (χ3v) is 10.3. The van der Waals surface area contributed by atoms with Crippen molar-refractivity contribution in [3.63, 3.8) is 0 Å². The van der Waals surface area contributed by atoms with Gasteiger partial charge in [-0.05, 0) is 49.8 Å². The molecule has 0 unspecified atom stereocenters. The highest BCUT2D eigenvalue weighted by molar-refractivity contribution is 7.90. The van der Waals surface area contributed by atoms with Gasteiger partial charge in [-0.1, -0.05) is 72.8 Å². The highest BCUT2D eigenvalue weighted by Gasteiger charge is 2.29. The zero-order valence-electron chi connectivity index (χ0n) is 23.9. The smallest absolute Gasteiger partial charge is 0.269 e. The number of nitriles is 1. The first-order chi connectivity index (χ1) is 21.5. The van der Waals surface area contributed by atoms with Crippen LogP contribution < -0.4 is 0 Å². The summed E-state index contributed by atoms with van der Waals surface area (Å²) in [5, 5.41) is 9.96. The minimum absolute atomic E-state index is 0.0478. The number of carbonyl (C=O) groups is 1. The molecule has 1 fully saturated rings. The summed E-state index contributed by atoms with van der Waals surface area (Å²) in [5.74, 6) is 1.07. The second kappa shape index (κ2) is 11.2. The first kappa shape index (κ1) is 27.7. The predicted molar refractivity (Wildman–Crippen MR) is 169 cm³/mol. The minimum Gasteiger partial charge on any atom is -0.320 e. The van der Waals surface area contributed by atoms with Crippen molar-refractivity contribution in [1.82, 2.24) is 18.5 Å². The van der Waals surface area contributed by atoms with Crippen molar-refractivity contribution in [3.8, 4) is 17.5 Å². The van der Waals surface area contributed by atoms with Crippen LogP contribution in [0.1, 0.15) is 54.1 Å². The predicted octanol–water partition coefficient (Wildman–Crippen LogP) is 7.17. The SMILES string of the molecule is N#CCC1CCC(n2c(-c3ccc(C(=O)c4ccccc4)cc3)nc3cnc4c(ccn4S(=O)(=O)c4ccccc4)c32)CC1. The second-order valence-electron chi connectivity index (χ2n) is 11.3. The number of hydrogen-bond donors (Lipinski definition) is 0. The molecule has 6 aromatic rings. The van der Waals surface area contributed by atoms with Gasteiger partial charge < -0.3 is 4.57 Å². The van der Waals surface area contributed by atoms with E-state index in [9.17, 15) is 18.5 Å². The highest BCUT2D eigenvalue weighted by atomic mass is 32.2. The van der Waals surface area contributed by atoms with Gasteiger partial charge in [0.25, 0.3) is 10.0 Å². The molecule has 0 amide bonds. The fourth-order valence-corrected chi connectivity index (χ4v) is 7.69. The van der Waals surface area contributed by atoms with Crippen LogP contribution in [0.25, 0.3) is 33.5 Å². The molecule has 0 bridgehead atoms. The molecule has 1 saturated carbocycles. The number of carbonyl (C=O) groups excluding carboxylic acids is 1. The lowest BCUT2D eigenvalue weighted by Gasteiger charge is -2.30.